The zero-order chi connectivity index (χ0) is 13.3. The van der Waals surface area contributed by atoms with Crippen LogP contribution in [-0.2, 0) is 6.54 Å². The topological polar surface area (TPSA) is 26.7 Å². The Balaban J connectivity index is 2.04. The van der Waals surface area contributed by atoms with Gasteiger partial charge in [0.05, 0.1) is 5.02 Å². The summed E-state index contributed by atoms with van der Waals surface area (Å²) in [5.41, 5.74) is 1.36. The minimum absolute atomic E-state index is 0.152. The van der Waals surface area contributed by atoms with E-state index >= 15 is 0 Å². The van der Waals surface area contributed by atoms with Gasteiger partial charge < -0.3 is 5.11 Å². The van der Waals surface area contributed by atoms with Gasteiger partial charge in [0.1, 0.15) is 5.75 Å². The third kappa shape index (κ3) is 2.97. The maximum atomic E-state index is 9.42. The fraction of sp³-hybridized carbons (Fsp3) is 0.571. The summed E-state index contributed by atoms with van der Waals surface area (Å²) in [6.45, 7) is 8.61. The quantitative estimate of drug-likeness (QED) is 0.893. The number of hydrogen-bond acceptors (Lipinski definition) is 3. The van der Waals surface area contributed by atoms with Crippen LogP contribution in [0.3, 0.4) is 0 Å². The van der Waals surface area contributed by atoms with Gasteiger partial charge in [-0.2, -0.15) is 0 Å². The Hall–Kier alpha value is -0.770. The third-order valence-electron chi connectivity index (χ3n) is 3.81. The van der Waals surface area contributed by atoms with E-state index in [4.69, 9.17) is 11.6 Å². The molecule has 1 aromatic carbocycles. The van der Waals surface area contributed by atoms with Crippen molar-refractivity contribution < 1.29 is 5.11 Å². The molecule has 0 radical (unpaired) electrons. The van der Waals surface area contributed by atoms with Crippen LogP contribution in [0.5, 0.6) is 5.75 Å². The molecule has 0 saturated carbocycles. The average molecular weight is 269 g/mol. The molecule has 0 amide bonds. The molecule has 0 aliphatic carbocycles. The first-order chi connectivity index (χ1) is 8.38. The Labute approximate surface area is 114 Å². The largest absolute Gasteiger partial charge is 0.506 e. The van der Waals surface area contributed by atoms with Gasteiger partial charge in [0, 0.05) is 31.7 Å². The molecule has 1 N–H and O–H groups in total. The van der Waals surface area contributed by atoms with E-state index in [1.54, 1.807) is 6.07 Å². The molecule has 18 heavy (non-hydrogen) atoms. The first-order valence-electron chi connectivity index (χ1n) is 6.29. The number of halogens is 1. The lowest BCUT2D eigenvalue weighted by Gasteiger charge is -2.45. The molecule has 1 heterocycles. The molecule has 0 unspecified atom stereocenters. The van der Waals surface area contributed by atoms with Gasteiger partial charge in [-0.1, -0.05) is 17.7 Å². The Morgan fingerprint density at radius 1 is 1.33 bits per heavy atom. The number of benzene rings is 1. The number of aromatic hydroxyl groups is 1. The van der Waals surface area contributed by atoms with Crippen molar-refractivity contribution in [3.63, 3.8) is 0 Å². The predicted octanol–water partition coefficient (Wildman–Crippen LogP) is 2.57. The van der Waals surface area contributed by atoms with Crippen LogP contribution in [0.25, 0.3) is 0 Å². The van der Waals surface area contributed by atoms with Crippen LogP contribution in [0.15, 0.2) is 18.2 Å². The number of likely N-dealkylation sites (N-methyl/N-ethyl adjacent to an activating group) is 1. The maximum Gasteiger partial charge on any atom is 0.134 e. The lowest BCUT2D eigenvalue weighted by Crippen LogP contribution is -2.57. The van der Waals surface area contributed by atoms with Gasteiger partial charge in [-0.25, -0.2) is 0 Å². The molecule has 1 aromatic rings. The standard InChI is InChI=1S/C14H21ClN2O/c1-14(2)10-17(7-6-16(14)3)9-11-4-5-13(18)12(15)8-11/h4-5,8,18H,6-7,9-10H2,1-3H3. The van der Waals surface area contributed by atoms with Crippen LogP contribution in [0.1, 0.15) is 19.4 Å². The number of phenolic OH excluding ortho intramolecular Hbond substituents is 1. The van der Waals surface area contributed by atoms with Crippen LogP contribution < -0.4 is 0 Å². The molecule has 1 fully saturated rings. The van der Waals surface area contributed by atoms with E-state index in [0.29, 0.717) is 5.02 Å². The number of rotatable bonds is 2. The van der Waals surface area contributed by atoms with Gasteiger partial charge in [-0.3, -0.25) is 9.80 Å². The number of hydrogen-bond donors (Lipinski definition) is 1. The molecular formula is C14H21ClN2O. The first-order valence-corrected chi connectivity index (χ1v) is 6.67. The second kappa shape index (κ2) is 5.08. The second-order valence-electron chi connectivity index (χ2n) is 5.73. The fourth-order valence-corrected chi connectivity index (χ4v) is 2.59. The third-order valence-corrected chi connectivity index (χ3v) is 4.12. The Morgan fingerprint density at radius 2 is 2.06 bits per heavy atom. The zero-order valence-corrected chi connectivity index (χ0v) is 12.0. The van der Waals surface area contributed by atoms with Gasteiger partial charge in [-0.15, -0.1) is 0 Å². The highest BCUT2D eigenvalue weighted by molar-refractivity contribution is 6.32. The predicted molar refractivity (Wildman–Crippen MR) is 75.1 cm³/mol. The lowest BCUT2D eigenvalue weighted by molar-refractivity contribution is 0.0360. The molecule has 0 spiro atoms. The summed E-state index contributed by atoms with van der Waals surface area (Å²) in [7, 11) is 2.18. The van der Waals surface area contributed by atoms with E-state index in [9.17, 15) is 5.11 Å². The van der Waals surface area contributed by atoms with Crippen LogP contribution in [-0.4, -0.2) is 47.1 Å². The number of piperazine rings is 1. The molecule has 3 nitrogen and oxygen atoms in total. The maximum absolute atomic E-state index is 9.42. The van der Waals surface area contributed by atoms with E-state index < -0.39 is 0 Å². The van der Waals surface area contributed by atoms with Gasteiger partial charge in [0.25, 0.3) is 0 Å². The van der Waals surface area contributed by atoms with Gasteiger partial charge >= 0.3 is 0 Å². The Morgan fingerprint density at radius 3 is 2.67 bits per heavy atom. The van der Waals surface area contributed by atoms with Gasteiger partial charge in [0.15, 0.2) is 0 Å². The van der Waals surface area contributed by atoms with E-state index in [1.807, 2.05) is 12.1 Å². The minimum atomic E-state index is 0.152. The van der Waals surface area contributed by atoms with E-state index in [1.165, 1.54) is 0 Å². The van der Waals surface area contributed by atoms with Crippen molar-refractivity contribution in [2.45, 2.75) is 25.9 Å². The van der Waals surface area contributed by atoms with Crippen LogP contribution >= 0.6 is 11.6 Å². The van der Waals surface area contributed by atoms with Crippen molar-refractivity contribution in [1.29, 1.82) is 0 Å². The van der Waals surface area contributed by atoms with Crippen molar-refractivity contribution in [2.75, 3.05) is 26.7 Å². The molecule has 100 valence electrons. The lowest BCUT2D eigenvalue weighted by atomic mass is 9.99. The van der Waals surface area contributed by atoms with Crippen LogP contribution in [0.4, 0.5) is 0 Å². The number of nitrogens with zero attached hydrogens (tertiary/aromatic N) is 2. The van der Waals surface area contributed by atoms with Crippen molar-refractivity contribution in [1.82, 2.24) is 9.80 Å². The first kappa shape index (κ1) is 13.7. The minimum Gasteiger partial charge on any atom is -0.506 e. The molecule has 1 saturated heterocycles. The average Bonchev–Trinajstić information content (AvgIpc) is 2.28. The molecule has 4 heteroatoms. The molecule has 0 aromatic heterocycles. The second-order valence-corrected chi connectivity index (χ2v) is 6.14. The van der Waals surface area contributed by atoms with Crippen LogP contribution in [0.2, 0.25) is 5.02 Å². The molecule has 1 aliphatic heterocycles. The van der Waals surface area contributed by atoms with Crippen molar-refractivity contribution in [3.05, 3.63) is 28.8 Å². The summed E-state index contributed by atoms with van der Waals surface area (Å²) in [5, 5.41) is 9.85. The van der Waals surface area contributed by atoms with E-state index in [-0.39, 0.29) is 11.3 Å². The Bertz CT molecular complexity index is 434. The summed E-state index contributed by atoms with van der Waals surface area (Å²) in [5.74, 6) is 0.152. The molecule has 0 atom stereocenters. The summed E-state index contributed by atoms with van der Waals surface area (Å²) < 4.78 is 0. The highest BCUT2D eigenvalue weighted by Crippen LogP contribution is 2.25. The van der Waals surface area contributed by atoms with Crippen molar-refractivity contribution in [3.8, 4) is 5.75 Å². The molecule has 2 rings (SSSR count). The van der Waals surface area contributed by atoms with E-state index in [0.717, 1.165) is 31.7 Å². The van der Waals surface area contributed by atoms with Gasteiger partial charge in [-0.05, 0) is 38.6 Å². The summed E-state index contributed by atoms with van der Waals surface area (Å²) in [6.07, 6.45) is 0. The Kier molecular flexibility index (Phi) is 3.85. The zero-order valence-electron chi connectivity index (χ0n) is 11.3. The summed E-state index contributed by atoms with van der Waals surface area (Å²) >= 11 is 5.93. The molecular weight excluding hydrogens is 248 g/mol. The van der Waals surface area contributed by atoms with E-state index in [2.05, 4.69) is 30.7 Å². The van der Waals surface area contributed by atoms with Gasteiger partial charge in [0.2, 0.25) is 0 Å². The number of phenols is 1. The smallest absolute Gasteiger partial charge is 0.134 e. The summed E-state index contributed by atoms with van der Waals surface area (Å²) in [4.78, 5) is 4.83. The van der Waals surface area contributed by atoms with Crippen molar-refractivity contribution in [2.24, 2.45) is 0 Å². The SMILES string of the molecule is CN1CCN(Cc2ccc(O)c(Cl)c2)CC1(C)C. The van der Waals surface area contributed by atoms with Crippen molar-refractivity contribution >= 4 is 11.6 Å². The molecule has 0 bridgehead atoms. The highest BCUT2D eigenvalue weighted by Gasteiger charge is 2.30. The monoisotopic (exact) mass is 268 g/mol. The van der Waals surface area contributed by atoms with Crippen LogP contribution in [0, 0.1) is 0 Å². The molecule has 1 aliphatic rings. The normalized spacial score (nSPS) is 21.1. The fourth-order valence-electron chi connectivity index (χ4n) is 2.38. The summed E-state index contributed by atoms with van der Waals surface area (Å²) in [6, 6.07) is 5.45. The highest BCUT2D eigenvalue weighted by atomic mass is 35.5.